The topological polar surface area (TPSA) is 84.8 Å². The highest BCUT2D eigenvalue weighted by Gasteiger charge is 2.16. The molecule has 0 saturated heterocycles. The molecule has 1 amide bonds. The Labute approximate surface area is 146 Å². The van der Waals surface area contributed by atoms with Gasteiger partial charge in [-0.2, -0.15) is 10.2 Å². The lowest BCUT2D eigenvalue weighted by Gasteiger charge is -2.10. The Morgan fingerprint density at radius 3 is 2.92 bits per heavy atom. The minimum absolute atomic E-state index is 0.191. The smallest absolute Gasteiger partial charge is 0.269 e. The first kappa shape index (κ1) is 16.8. The number of H-pyrrole nitrogens is 1. The number of carbonyl (C=O) groups excluding carboxylic acids is 1. The molecule has 0 bridgehead atoms. The Morgan fingerprint density at radius 2 is 2.20 bits per heavy atom. The highest BCUT2D eigenvalue weighted by Crippen LogP contribution is 2.22. The van der Waals surface area contributed by atoms with Crippen LogP contribution in [0.25, 0.3) is 11.3 Å². The lowest BCUT2D eigenvalue weighted by molar-refractivity contribution is 0.0934. The van der Waals surface area contributed by atoms with Crippen molar-refractivity contribution in [2.75, 3.05) is 7.11 Å². The summed E-state index contributed by atoms with van der Waals surface area (Å²) >= 11 is 0. The maximum Gasteiger partial charge on any atom is 0.269 e. The number of carbonyl (C=O) groups is 1. The van der Waals surface area contributed by atoms with E-state index in [1.54, 1.807) is 13.2 Å². The fraction of sp³-hybridized carbons (Fsp3) is 0.278. The van der Waals surface area contributed by atoms with Gasteiger partial charge in [-0.05, 0) is 38.1 Å². The van der Waals surface area contributed by atoms with E-state index in [2.05, 4.69) is 20.6 Å². The molecule has 1 aromatic carbocycles. The molecule has 1 atom stereocenters. The van der Waals surface area contributed by atoms with Gasteiger partial charge >= 0.3 is 0 Å². The van der Waals surface area contributed by atoms with E-state index >= 15 is 0 Å². The van der Waals surface area contributed by atoms with Crippen molar-refractivity contribution in [3.63, 3.8) is 0 Å². The molecule has 2 N–H and O–H groups in total. The molecule has 25 heavy (non-hydrogen) atoms. The van der Waals surface area contributed by atoms with E-state index in [1.807, 2.05) is 55.1 Å². The van der Waals surface area contributed by atoms with E-state index in [0.717, 1.165) is 23.6 Å². The van der Waals surface area contributed by atoms with Crippen LogP contribution in [0, 0.1) is 0 Å². The van der Waals surface area contributed by atoms with Crippen molar-refractivity contribution in [3.8, 4) is 17.0 Å². The van der Waals surface area contributed by atoms with Crippen LogP contribution in [0.5, 0.6) is 5.75 Å². The van der Waals surface area contributed by atoms with Crippen LogP contribution in [0.15, 0.2) is 42.6 Å². The van der Waals surface area contributed by atoms with Gasteiger partial charge in [0.15, 0.2) is 0 Å². The zero-order valence-electron chi connectivity index (χ0n) is 14.5. The maximum atomic E-state index is 12.4. The number of hydrogen-bond donors (Lipinski definition) is 2. The first-order valence-corrected chi connectivity index (χ1v) is 8.14. The molecule has 0 aliphatic carbocycles. The third-order valence-electron chi connectivity index (χ3n) is 3.96. The van der Waals surface area contributed by atoms with E-state index in [0.29, 0.717) is 11.4 Å². The Morgan fingerprint density at radius 1 is 1.36 bits per heavy atom. The standard InChI is InChI=1S/C18H21N5O2/c1-4-23-9-8-15(22-23)12(2)19-18(24)17-11-16(20-21-17)13-6-5-7-14(10-13)25-3/h5-12H,4H2,1-3H3,(H,19,24)(H,20,21). The van der Waals surface area contributed by atoms with Gasteiger partial charge in [-0.15, -0.1) is 0 Å². The second-order valence-electron chi connectivity index (χ2n) is 5.69. The van der Waals surface area contributed by atoms with Crippen molar-refractivity contribution in [2.24, 2.45) is 0 Å². The highest BCUT2D eigenvalue weighted by atomic mass is 16.5. The van der Waals surface area contributed by atoms with Crippen molar-refractivity contribution in [2.45, 2.75) is 26.4 Å². The molecule has 1 unspecified atom stereocenters. The molecule has 130 valence electrons. The summed E-state index contributed by atoms with van der Waals surface area (Å²) in [5.74, 6) is 0.520. The summed E-state index contributed by atoms with van der Waals surface area (Å²) in [7, 11) is 1.61. The zero-order valence-corrected chi connectivity index (χ0v) is 14.5. The number of methoxy groups -OCH3 is 1. The summed E-state index contributed by atoms with van der Waals surface area (Å²) < 4.78 is 7.05. The molecule has 3 aromatic rings. The number of hydrogen-bond acceptors (Lipinski definition) is 4. The van der Waals surface area contributed by atoms with E-state index in [-0.39, 0.29) is 11.9 Å². The second kappa shape index (κ2) is 7.21. The molecule has 0 fully saturated rings. The fourth-order valence-electron chi connectivity index (χ4n) is 2.50. The quantitative estimate of drug-likeness (QED) is 0.723. The van der Waals surface area contributed by atoms with Crippen LogP contribution in [-0.2, 0) is 6.54 Å². The number of aromatic nitrogens is 4. The van der Waals surface area contributed by atoms with E-state index < -0.39 is 0 Å². The second-order valence-corrected chi connectivity index (χ2v) is 5.69. The third kappa shape index (κ3) is 3.71. The zero-order chi connectivity index (χ0) is 17.8. The largest absolute Gasteiger partial charge is 0.497 e. The van der Waals surface area contributed by atoms with E-state index in [4.69, 9.17) is 4.74 Å². The number of amides is 1. The van der Waals surface area contributed by atoms with Gasteiger partial charge in [0, 0.05) is 18.3 Å². The summed E-state index contributed by atoms with van der Waals surface area (Å²) in [4.78, 5) is 12.4. The molecule has 7 nitrogen and oxygen atoms in total. The summed E-state index contributed by atoms with van der Waals surface area (Å²) in [5.41, 5.74) is 2.79. The lowest BCUT2D eigenvalue weighted by atomic mass is 10.1. The number of benzene rings is 1. The Balaban J connectivity index is 1.71. The van der Waals surface area contributed by atoms with Crippen molar-refractivity contribution in [1.82, 2.24) is 25.3 Å². The Kier molecular flexibility index (Phi) is 4.83. The van der Waals surface area contributed by atoms with Crippen molar-refractivity contribution >= 4 is 5.91 Å². The molecular weight excluding hydrogens is 318 g/mol. The maximum absolute atomic E-state index is 12.4. The molecule has 0 saturated carbocycles. The Bertz CT molecular complexity index is 868. The van der Waals surface area contributed by atoms with Gasteiger partial charge in [0.1, 0.15) is 11.4 Å². The van der Waals surface area contributed by atoms with Gasteiger partial charge in [-0.25, -0.2) is 0 Å². The van der Waals surface area contributed by atoms with E-state index in [9.17, 15) is 4.79 Å². The summed E-state index contributed by atoms with van der Waals surface area (Å²) in [6, 6.07) is 11.0. The van der Waals surface area contributed by atoms with Gasteiger partial charge in [0.25, 0.3) is 5.91 Å². The summed E-state index contributed by atoms with van der Waals surface area (Å²) in [6.45, 7) is 4.72. The molecule has 0 radical (unpaired) electrons. The highest BCUT2D eigenvalue weighted by molar-refractivity contribution is 5.93. The molecule has 7 heteroatoms. The first-order chi connectivity index (χ1) is 12.1. The molecule has 0 aliphatic heterocycles. The van der Waals surface area contributed by atoms with Gasteiger partial charge < -0.3 is 10.1 Å². The molecule has 2 aromatic heterocycles. The van der Waals surface area contributed by atoms with E-state index in [1.165, 1.54) is 0 Å². The van der Waals surface area contributed by atoms with Crippen LogP contribution in [0.4, 0.5) is 0 Å². The van der Waals surface area contributed by atoms with Gasteiger partial charge in [-0.1, -0.05) is 12.1 Å². The SMILES string of the molecule is CCn1ccc(C(C)NC(=O)c2cc(-c3cccc(OC)c3)n[nH]2)n1. The predicted molar refractivity (Wildman–Crippen MR) is 94.4 cm³/mol. The van der Waals surface area contributed by atoms with Crippen molar-refractivity contribution < 1.29 is 9.53 Å². The van der Waals surface area contributed by atoms with Crippen LogP contribution in [-0.4, -0.2) is 33.0 Å². The summed E-state index contributed by atoms with van der Waals surface area (Å²) in [5, 5.41) is 14.3. The summed E-state index contributed by atoms with van der Waals surface area (Å²) in [6.07, 6.45) is 1.90. The van der Waals surface area contributed by atoms with Crippen LogP contribution in [0.1, 0.15) is 36.1 Å². The number of ether oxygens (including phenoxy) is 1. The molecule has 0 spiro atoms. The van der Waals surface area contributed by atoms with Crippen LogP contribution >= 0.6 is 0 Å². The van der Waals surface area contributed by atoms with Gasteiger partial charge in [-0.3, -0.25) is 14.6 Å². The molecule has 3 rings (SSSR count). The molecule has 0 aliphatic rings. The number of nitrogens with zero attached hydrogens (tertiary/aromatic N) is 3. The Hall–Kier alpha value is -3.09. The molecular formula is C18H21N5O2. The number of aromatic amines is 1. The van der Waals surface area contributed by atoms with Crippen LogP contribution in [0.3, 0.4) is 0 Å². The van der Waals surface area contributed by atoms with Gasteiger partial charge in [0.05, 0.1) is 24.5 Å². The van der Waals surface area contributed by atoms with Crippen molar-refractivity contribution in [1.29, 1.82) is 0 Å². The number of rotatable bonds is 6. The third-order valence-corrected chi connectivity index (χ3v) is 3.96. The lowest BCUT2D eigenvalue weighted by Crippen LogP contribution is -2.27. The van der Waals surface area contributed by atoms with Crippen molar-refractivity contribution in [3.05, 3.63) is 54.0 Å². The average molecular weight is 339 g/mol. The minimum Gasteiger partial charge on any atom is -0.497 e. The number of aryl methyl sites for hydroxylation is 1. The fourth-order valence-corrected chi connectivity index (χ4v) is 2.50. The molecule has 2 heterocycles. The first-order valence-electron chi connectivity index (χ1n) is 8.14. The van der Waals surface area contributed by atoms with Crippen LogP contribution < -0.4 is 10.1 Å². The average Bonchev–Trinajstić information content (AvgIpc) is 3.31. The van der Waals surface area contributed by atoms with Crippen LogP contribution in [0.2, 0.25) is 0 Å². The normalized spacial score (nSPS) is 12.0. The minimum atomic E-state index is -0.222. The monoisotopic (exact) mass is 339 g/mol. The predicted octanol–water partition coefficient (Wildman–Crippen LogP) is 2.79. The van der Waals surface area contributed by atoms with Gasteiger partial charge in [0.2, 0.25) is 0 Å². The number of nitrogens with one attached hydrogen (secondary N) is 2.